The summed E-state index contributed by atoms with van der Waals surface area (Å²) >= 11 is 0. The van der Waals surface area contributed by atoms with E-state index in [-0.39, 0.29) is 0 Å². The van der Waals surface area contributed by atoms with Crippen molar-refractivity contribution in [2.45, 2.75) is 80.1 Å². The summed E-state index contributed by atoms with van der Waals surface area (Å²) in [5.74, 6) is 0. The highest BCUT2D eigenvalue weighted by atomic mass is 29.3. The molecule has 0 aromatic carbocycles. The van der Waals surface area contributed by atoms with Gasteiger partial charge in [-0.15, -0.1) is 0 Å². The lowest BCUT2D eigenvalue weighted by molar-refractivity contribution is 0.0388. The summed E-state index contributed by atoms with van der Waals surface area (Å²) in [6, 6.07) is 0. The molecule has 0 heterocycles. The highest BCUT2D eigenvalue weighted by Crippen LogP contribution is 2.28. The van der Waals surface area contributed by atoms with Gasteiger partial charge in [0.05, 0.1) is 6.23 Å². The number of hydrogen-bond acceptors (Lipinski definition) is 6. The summed E-state index contributed by atoms with van der Waals surface area (Å²) < 4.78 is 38.1. The van der Waals surface area contributed by atoms with Crippen molar-refractivity contribution in [2.24, 2.45) is 0 Å². The molecule has 0 atom stereocenters. The van der Waals surface area contributed by atoms with E-state index in [4.69, 9.17) is 26.9 Å². The van der Waals surface area contributed by atoms with E-state index in [0.717, 1.165) is 38.5 Å². The zero-order chi connectivity index (χ0) is 20.4. The van der Waals surface area contributed by atoms with Crippen LogP contribution in [-0.4, -0.2) is 62.3 Å². The van der Waals surface area contributed by atoms with Crippen molar-refractivity contribution in [3.63, 3.8) is 0 Å². The molecule has 0 radical (unpaired) electrons. The molecule has 0 aliphatic carbocycles. The van der Waals surface area contributed by atoms with Crippen LogP contribution in [0.15, 0.2) is 0 Å². The summed E-state index contributed by atoms with van der Waals surface area (Å²) in [7, 11) is -6.21. The predicted molar refractivity (Wildman–Crippen MR) is 114 cm³/mol. The Morgan fingerprint density at radius 2 is 0.778 bits per heavy atom. The van der Waals surface area contributed by atoms with Crippen molar-refractivity contribution < 1.29 is 26.9 Å². The Hall–Kier alpha value is 0.194. The molecule has 0 fully saturated rings. The smallest absolute Gasteiger partial charge is 0.390 e. The summed E-state index contributed by atoms with van der Waals surface area (Å²) in [6.45, 7) is 16.2. The van der Waals surface area contributed by atoms with Crippen LogP contribution in [0.3, 0.4) is 0 Å². The molecule has 0 saturated heterocycles. The average Bonchev–Trinajstić information content (AvgIpc) is 2.69. The highest BCUT2D eigenvalue weighted by molar-refractivity contribution is 7.29. The third-order valence-electron chi connectivity index (χ3n) is 3.67. The topological polar surface area (TPSA) is 55.4 Å². The minimum atomic E-state index is -3.19. The van der Waals surface area contributed by atoms with Gasteiger partial charge in [0, 0.05) is 39.6 Å². The van der Waals surface area contributed by atoms with E-state index in [0.29, 0.717) is 45.9 Å². The van der Waals surface area contributed by atoms with E-state index in [1.54, 1.807) is 0 Å². The molecule has 164 valence electrons. The van der Waals surface area contributed by atoms with Gasteiger partial charge in [-0.2, -0.15) is 0 Å². The lowest BCUT2D eigenvalue weighted by atomic mass is 10.5. The molecule has 0 saturated carbocycles. The molecule has 0 aromatic heterocycles. The van der Waals surface area contributed by atoms with Gasteiger partial charge in [-0.1, -0.05) is 41.5 Å². The summed E-state index contributed by atoms with van der Waals surface area (Å²) in [5.41, 5.74) is 0. The fourth-order valence-corrected chi connectivity index (χ4v) is 12.4. The Morgan fingerprint density at radius 3 is 1.11 bits per heavy atom. The van der Waals surface area contributed by atoms with Gasteiger partial charge < -0.3 is 26.9 Å². The van der Waals surface area contributed by atoms with Crippen LogP contribution in [0, 0.1) is 0 Å². The zero-order valence-electron chi connectivity index (χ0n) is 18.6. The molecule has 0 bridgehead atoms. The van der Waals surface area contributed by atoms with Gasteiger partial charge in [-0.3, -0.25) is 0 Å². The molecule has 0 unspecified atom stereocenters. The van der Waals surface area contributed by atoms with Crippen molar-refractivity contribution in [3.05, 3.63) is 0 Å². The second-order valence-corrected chi connectivity index (χ2v) is 15.1. The molecule has 27 heavy (non-hydrogen) atoms. The predicted octanol–water partition coefficient (Wildman–Crippen LogP) is 4.54. The van der Waals surface area contributed by atoms with Crippen molar-refractivity contribution in [1.82, 2.24) is 0 Å². The van der Waals surface area contributed by atoms with Crippen LogP contribution in [0.1, 0.15) is 80.1 Å². The van der Waals surface area contributed by atoms with Crippen LogP contribution in [0.2, 0.25) is 0 Å². The van der Waals surface area contributed by atoms with E-state index in [9.17, 15) is 0 Å². The van der Waals surface area contributed by atoms with E-state index in [2.05, 4.69) is 41.5 Å². The lowest BCUT2D eigenvalue weighted by Gasteiger charge is -2.42. The Morgan fingerprint density at radius 1 is 0.444 bits per heavy atom. The van der Waals surface area contributed by atoms with Crippen LogP contribution in [-0.2, 0) is 26.9 Å². The van der Waals surface area contributed by atoms with Gasteiger partial charge in [0.2, 0.25) is 0 Å². The SMILES string of the molecule is CCCOC[Si](OCCC)(OCCC)[Si](OCCC)(OCCC)OCCC. The second-order valence-electron chi connectivity index (χ2n) is 6.60. The van der Waals surface area contributed by atoms with E-state index < -0.39 is 16.4 Å². The van der Waals surface area contributed by atoms with Gasteiger partial charge in [0.1, 0.15) is 0 Å². The summed E-state index contributed by atoms with van der Waals surface area (Å²) in [4.78, 5) is 0. The number of rotatable bonds is 20. The van der Waals surface area contributed by atoms with Crippen LogP contribution in [0.4, 0.5) is 0 Å². The first-order valence-electron chi connectivity index (χ1n) is 10.9. The first kappa shape index (κ1) is 27.2. The van der Waals surface area contributed by atoms with Crippen LogP contribution < -0.4 is 0 Å². The lowest BCUT2D eigenvalue weighted by Crippen LogP contribution is -2.75. The molecule has 8 heteroatoms. The third kappa shape index (κ3) is 9.49. The van der Waals surface area contributed by atoms with Crippen LogP contribution >= 0.6 is 0 Å². The number of hydrogen-bond donors (Lipinski definition) is 0. The van der Waals surface area contributed by atoms with Crippen molar-refractivity contribution in [2.75, 3.05) is 45.9 Å². The van der Waals surface area contributed by atoms with Crippen LogP contribution in [0.25, 0.3) is 0 Å². The molecular weight excluding hydrogens is 380 g/mol. The summed E-state index contributed by atoms with van der Waals surface area (Å²) in [5, 5.41) is 0. The standard InChI is InChI=1S/C19H44O6Si2/c1-7-13-20-19-26(21-14-8-2,22-15-9-3)27(23-16-10-4,24-17-11-5)25-18-12-6/h7-19H2,1-6H3. The van der Waals surface area contributed by atoms with Gasteiger partial charge >= 0.3 is 16.4 Å². The summed E-state index contributed by atoms with van der Waals surface area (Å²) in [6.07, 6.45) is 5.81. The highest BCUT2D eigenvalue weighted by Gasteiger charge is 2.69. The molecule has 0 rings (SSSR count). The maximum atomic E-state index is 6.46. The Kier molecular flexibility index (Phi) is 17.2. The van der Waals surface area contributed by atoms with E-state index in [1.165, 1.54) is 0 Å². The molecule has 0 spiro atoms. The van der Waals surface area contributed by atoms with Gasteiger partial charge in [0.15, 0.2) is 0 Å². The molecule has 0 aliphatic rings. The molecular formula is C19H44O6Si2. The molecule has 0 aromatic rings. The first-order chi connectivity index (χ1) is 13.1. The molecule has 6 nitrogen and oxygen atoms in total. The quantitative estimate of drug-likeness (QED) is 0.211. The van der Waals surface area contributed by atoms with Crippen molar-refractivity contribution in [1.29, 1.82) is 0 Å². The Bertz CT molecular complexity index is 304. The number of ether oxygens (including phenoxy) is 1. The minimum Gasteiger partial charge on any atom is -0.390 e. The first-order valence-corrected chi connectivity index (χ1v) is 15.6. The van der Waals surface area contributed by atoms with E-state index >= 15 is 0 Å². The Labute approximate surface area is 169 Å². The van der Waals surface area contributed by atoms with Crippen LogP contribution in [0.5, 0.6) is 0 Å². The van der Waals surface area contributed by atoms with Gasteiger partial charge in [-0.25, -0.2) is 0 Å². The zero-order valence-corrected chi connectivity index (χ0v) is 20.6. The fraction of sp³-hybridized carbons (Fsp3) is 1.00. The average molecular weight is 425 g/mol. The van der Waals surface area contributed by atoms with Gasteiger partial charge in [0.25, 0.3) is 0 Å². The van der Waals surface area contributed by atoms with E-state index in [1.807, 2.05) is 0 Å². The maximum absolute atomic E-state index is 6.46. The minimum absolute atomic E-state index is 0.393. The van der Waals surface area contributed by atoms with Crippen molar-refractivity contribution in [3.8, 4) is 0 Å². The monoisotopic (exact) mass is 424 g/mol. The largest absolute Gasteiger partial charge is 0.541 e. The van der Waals surface area contributed by atoms with Gasteiger partial charge in [-0.05, 0) is 38.5 Å². The molecule has 0 amide bonds. The molecule has 0 N–H and O–H groups in total. The van der Waals surface area contributed by atoms with Crippen molar-refractivity contribution >= 4 is 16.4 Å². The normalized spacial score (nSPS) is 12.7. The maximum Gasteiger partial charge on any atom is 0.541 e. The molecule has 0 aliphatic heterocycles. The Balaban J connectivity index is 5.97. The second kappa shape index (κ2) is 17.1. The fourth-order valence-electron chi connectivity index (χ4n) is 2.44. The third-order valence-corrected chi connectivity index (χ3v) is 13.7.